The van der Waals surface area contributed by atoms with E-state index in [9.17, 15) is 13.2 Å². The molecule has 2 aromatic carbocycles. The number of hydrogen-bond acceptors (Lipinski definition) is 7. The maximum Gasteiger partial charge on any atom is 0.275 e. The molecule has 1 saturated carbocycles. The molecule has 0 spiro atoms. The fourth-order valence-electron chi connectivity index (χ4n) is 6.41. The van der Waals surface area contributed by atoms with Crippen LogP contribution < -0.4 is 10.1 Å². The van der Waals surface area contributed by atoms with Crippen LogP contribution in [0.2, 0.25) is 0 Å². The van der Waals surface area contributed by atoms with Crippen molar-refractivity contribution >= 4 is 15.7 Å². The van der Waals surface area contributed by atoms with E-state index in [2.05, 4.69) is 22.4 Å². The van der Waals surface area contributed by atoms with Gasteiger partial charge in [0.15, 0.2) is 15.5 Å². The smallest absolute Gasteiger partial charge is 0.275 e. The molecule has 3 atom stereocenters. The van der Waals surface area contributed by atoms with Gasteiger partial charge in [-0.1, -0.05) is 67.1 Å². The van der Waals surface area contributed by atoms with E-state index in [1.807, 2.05) is 58.0 Å². The molecule has 10 heteroatoms. The third-order valence-corrected chi connectivity index (χ3v) is 10.9. The highest BCUT2D eigenvalue weighted by Crippen LogP contribution is 2.38. The summed E-state index contributed by atoms with van der Waals surface area (Å²) in [5.74, 6) is 0.281. The highest BCUT2D eigenvalue weighted by Gasteiger charge is 2.37. The first-order valence-electron chi connectivity index (χ1n) is 14.9. The molecule has 1 aliphatic carbocycles. The molecule has 2 aliphatic rings. The molecule has 224 valence electrons. The van der Waals surface area contributed by atoms with Crippen molar-refractivity contribution in [3.63, 3.8) is 0 Å². The molecule has 1 aliphatic heterocycles. The van der Waals surface area contributed by atoms with Gasteiger partial charge >= 0.3 is 0 Å². The van der Waals surface area contributed by atoms with Gasteiger partial charge in [0, 0.05) is 49.5 Å². The third kappa shape index (κ3) is 6.07. The summed E-state index contributed by atoms with van der Waals surface area (Å²) in [6, 6.07) is 23.1. The van der Waals surface area contributed by atoms with Crippen LogP contribution in [0.1, 0.15) is 47.8 Å². The van der Waals surface area contributed by atoms with Gasteiger partial charge in [-0.15, -0.1) is 0 Å². The van der Waals surface area contributed by atoms with E-state index in [1.54, 1.807) is 18.5 Å². The van der Waals surface area contributed by atoms with E-state index in [-0.39, 0.29) is 22.9 Å². The fraction of sp³-hybridized carbons (Fsp3) is 0.364. The summed E-state index contributed by atoms with van der Waals surface area (Å²) < 4.78 is 34.5. The van der Waals surface area contributed by atoms with Gasteiger partial charge in [-0.2, -0.15) is 0 Å². The lowest BCUT2D eigenvalue weighted by atomic mass is 9.94. The summed E-state index contributed by atoms with van der Waals surface area (Å²) in [4.78, 5) is 25.3. The van der Waals surface area contributed by atoms with Crippen LogP contribution in [0.3, 0.4) is 0 Å². The zero-order chi connectivity index (χ0) is 29.8. The van der Waals surface area contributed by atoms with Crippen LogP contribution in [-0.2, 0) is 16.3 Å². The minimum atomic E-state index is -3.60. The molecule has 3 heterocycles. The monoisotopic (exact) mass is 599 g/mol. The first-order valence-corrected chi connectivity index (χ1v) is 16.4. The third-order valence-electron chi connectivity index (χ3n) is 8.65. The van der Waals surface area contributed by atoms with Crippen molar-refractivity contribution in [2.45, 2.75) is 54.3 Å². The number of aromatic nitrogens is 3. The quantitative estimate of drug-likeness (QED) is 0.316. The number of nitrogens with zero attached hydrogens (tertiary/aromatic N) is 4. The Balaban J connectivity index is 1.31. The Morgan fingerprint density at radius 3 is 2.49 bits per heavy atom. The Hall–Kier alpha value is -4.02. The first-order chi connectivity index (χ1) is 21.0. The number of amides is 1. The molecule has 43 heavy (non-hydrogen) atoms. The van der Waals surface area contributed by atoms with Gasteiger partial charge in [0.1, 0.15) is 0 Å². The number of imidazole rings is 1. The zero-order valence-corrected chi connectivity index (χ0v) is 25.1. The van der Waals surface area contributed by atoms with Crippen molar-refractivity contribution in [1.29, 1.82) is 0 Å². The maximum atomic E-state index is 14.3. The minimum Gasteiger partial charge on any atom is -0.481 e. The van der Waals surface area contributed by atoms with E-state index in [0.717, 1.165) is 37.1 Å². The molecule has 2 unspecified atom stereocenters. The molecule has 0 bridgehead atoms. The number of nitrogens with one attached hydrogen (secondary N) is 1. The standard InChI is InChI=1S/C33H37N5O4S/c1-42-30-16-15-29(22-35-30)43(40,41)28-14-8-13-26(20-28)38-23-36-31(32(38)25-11-6-3-7-12-25)33(39)37-18-17-34-21-27(37)19-24-9-4-2-5-10-24/h2-7,9-12,15-16,22-23,26-28,34H,8,13-14,17-21H2,1H3/t26?,27-,28?/m1/s1. The van der Waals surface area contributed by atoms with Crippen molar-refractivity contribution in [2.75, 3.05) is 26.7 Å². The van der Waals surface area contributed by atoms with Gasteiger partial charge in [0.2, 0.25) is 5.88 Å². The molecule has 6 rings (SSSR count). The first kappa shape index (κ1) is 29.1. The van der Waals surface area contributed by atoms with Gasteiger partial charge in [-0.05, 0) is 37.3 Å². The average Bonchev–Trinajstić information content (AvgIpc) is 3.51. The molecule has 2 aromatic heterocycles. The van der Waals surface area contributed by atoms with Crippen LogP contribution >= 0.6 is 0 Å². The lowest BCUT2D eigenvalue weighted by Gasteiger charge is -2.36. The van der Waals surface area contributed by atoms with Crippen LogP contribution in [-0.4, -0.2) is 71.8 Å². The number of sulfone groups is 1. The van der Waals surface area contributed by atoms with E-state index < -0.39 is 15.1 Å². The minimum absolute atomic E-state index is 0.000247. The number of pyridine rings is 1. The van der Waals surface area contributed by atoms with Gasteiger partial charge in [-0.3, -0.25) is 4.79 Å². The summed E-state index contributed by atoms with van der Waals surface area (Å²) >= 11 is 0. The SMILES string of the molecule is COc1ccc(S(=O)(=O)C2CCCC(n3cnc(C(=O)N4CCNC[C@H]4Cc4ccccc4)c3-c3ccccc3)C2)cn1. The summed E-state index contributed by atoms with van der Waals surface area (Å²) in [5, 5.41) is 2.89. The molecular formula is C33H37N5O4S. The second-order valence-corrected chi connectivity index (χ2v) is 13.5. The summed E-state index contributed by atoms with van der Waals surface area (Å²) in [5.41, 5.74) is 3.24. The summed E-state index contributed by atoms with van der Waals surface area (Å²) in [7, 11) is -2.10. The maximum absolute atomic E-state index is 14.3. The molecule has 1 saturated heterocycles. The topological polar surface area (TPSA) is 106 Å². The van der Waals surface area contributed by atoms with Gasteiger partial charge in [-0.25, -0.2) is 18.4 Å². The van der Waals surface area contributed by atoms with Crippen LogP contribution in [0.15, 0.2) is 90.2 Å². The predicted octanol–water partition coefficient (Wildman–Crippen LogP) is 4.57. The second-order valence-electron chi connectivity index (χ2n) is 11.3. The van der Waals surface area contributed by atoms with E-state index in [4.69, 9.17) is 9.72 Å². The normalized spacial score (nSPS) is 21.0. The lowest BCUT2D eigenvalue weighted by Crippen LogP contribution is -2.54. The van der Waals surface area contributed by atoms with Crippen LogP contribution in [0, 0.1) is 0 Å². The fourth-order valence-corrected chi connectivity index (χ4v) is 8.21. The number of carbonyl (C=O) groups excluding carboxylic acids is 1. The molecule has 0 radical (unpaired) electrons. The molecule has 9 nitrogen and oxygen atoms in total. The number of hydrogen-bond donors (Lipinski definition) is 1. The Morgan fingerprint density at radius 1 is 1.00 bits per heavy atom. The van der Waals surface area contributed by atoms with Crippen molar-refractivity contribution in [3.05, 3.63) is 96.6 Å². The highest BCUT2D eigenvalue weighted by molar-refractivity contribution is 7.92. The van der Waals surface area contributed by atoms with Crippen molar-refractivity contribution < 1.29 is 17.9 Å². The van der Waals surface area contributed by atoms with Crippen molar-refractivity contribution in [3.8, 4) is 17.1 Å². The number of ether oxygens (including phenoxy) is 1. The average molecular weight is 600 g/mol. The van der Waals surface area contributed by atoms with E-state index in [1.165, 1.54) is 18.9 Å². The largest absolute Gasteiger partial charge is 0.481 e. The van der Waals surface area contributed by atoms with Crippen LogP contribution in [0.5, 0.6) is 5.88 Å². The molecule has 1 amide bonds. The molecule has 1 N–H and O–H groups in total. The van der Waals surface area contributed by atoms with Crippen LogP contribution in [0.4, 0.5) is 0 Å². The summed E-state index contributed by atoms with van der Waals surface area (Å²) in [6.45, 7) is 2.03. The second kappa shape index (κ2) is 12.7. The van der Waals surface area contributed by atoms with Gasteiger partial charge in [0.05, 0.1) is 29.3 Å². The lowest BCUT2D eigenvalue weighted by molar-refractivity contribution is 0.0631. The Labute approximate surface area is 252 Å². The number of methoxy groups -OCH3 is 1. The van der Waals surface area contributed by atoms with Gasteiger partial charge in [0.25, 0.3) is 5.91 Å². The van der Waals surface area contributed by atoms with Crippen LogP contribution in [0.25, 0.3) is 11.3 Å². The van der Waals surface area contributed by atoms with E-state index in [0.29, 0.717) is 37.5 Å². The Bertz CT molecular complexity index is 1640. The number of carbonyl (C=O) groups is 1. The van der Waals surface area contributed by atoms with Crippen molar-refractivity contribution in [1.82, 2.24) is 24.8 Å². The number of rotatable bonds is 8. The van der Waals surface area contributed by atoms with Crippen molar-refractivity contribution in [2.24, 2.45) is 0 Å². The Kier molecular flexibility index (Phi) is 8.58. The highest BCUT2D eigenvalue weighted by atomic mass is 32.2. The zero-order valence-electron chi connectivity index (χ0n) is 24.3. The predicted molar refractivity (Wildman–Crippen MR) is 165 cm³/mol. The van der Waals surface area contributed by atoms with E-state index >= 15 is 0 Å². The molecular weight excluding hydrogens is 562 g/mol. The Morgan fingerprint density at radius 2 is 1.77 bits per heavy atom. The molecule has 4 aromatic rings. The molecule has 2 fully saturated rings. The number of piperazine rings is 1. The van der Waals surface area contributed by atoms with Gasteiger partial charge < -0.3 is 19.5 Å². The number of benzene rings is 2. The summed E-state index contributed by atoms with van der Waals surface area (Å²) in [6.07, 6.45) is 6.44.